The molecule has 1 N–H and O–H groups in total. The first-order chi connectivity index (χ1) is 15.7. The number of nitrogens with zero attached hydrogens (tertiary/aromatic N) is 1. The summed E-state index contributed by atoms with van der Waals surface area (Å²) in [6.07, 6.45) is 0. The molecule has 0 bridgehead atoms. The number of hydrogen-bond donors (Lipinski definition) is 1. The largest absolute Gasteiger partial charge is 0.507 e. The normalized spacial score (nSPS) is 17.5. The van der Waals surface area contributed by atoms with E-state index in [9.17, 15) is 14.7 Å². The van der Waals surface area contributed by atoms with E-state index in [2.05, 4.69) is 15.9 Å². The lowest BCUT2D eigenvalue weighted by atomic mass is 9.94. The zero-order valence-corrected chi connectivity index (χ0v) is 20.4. The highest BCUT2D eigenvalue weighted by Gasteiger charge is 2.47. The van der Waals surface area contributed by atoms with E-state index in [1.807, 2.05) is 57.2 Å². The molecule has 1 heterocycles. The van der Waals surface area contributed by atoms with Gasteiger partial charge in [-0.3, -0.25) is 14.5 Å². The highest BCUT2D eigenvalue weighted by Crippen LogP contribution is 2.43. The molecule has 0 aliphatic carbocycles. The number of rotatable bonds is 4. The van der Waals surface area contributed by atoms with Gasteiger partial charge >= 0.3 is 0 Å². The number of amides is 1. The van der Waals surface area contributed by atoms with Gasteiger partial charge in [-0.2, -0.15) is 0 Å². The number of hydrogen-bond acceptors (Lipinski definition) is 4. The van der Waals surface area contributed by atoms with E-state index in [0.29, 0.717) is 22.6 Å². The maximum absolute atomic E-state index is 13.3. The zero-order valence-electron chi connectivity index (χ0n) is 18.8. The van der Waals surface area contributed by atoms with E-state index in [1.54, 1.807) is 31.4 Å². The number of carbonyl (C=O) groups is 2. The van der Waals surface area contributed by atoms with Gasteiger partial charge in [0.25, 0.3) is 11.7 Å². The van der Waals surface area contributed by atoms with Crippen molar-refractivity contribution in [3.63, 3.8) is 0 Å². The maximum atomic E-state index is 13.3. The van der Waals surface area contributed by atoms with Gasteiger partial charge in [0.1, 0.15) is 11.5 Å². The highest BCUT2D eigenvalue weighted by molar-refractivity contribution is 9.10. The van der Waals surface area contributed by atoms with Crippen molar-refractivity contribution in [2.45, 2.75) is 26.8 Å². The van der Waals surface area contributed by atoms with Crippen LogP contribution < -0.4 is 9.64 Å². The number of anilines is 1. The number of halogens is 1. The molecule has 3 aromatic rings. The van der Waals surface area contributed by atoms with Crippen molar-refractivity contribution in [1.29, 1.82) is 0 Å². The number of ether oxygens (including phenoxy) is 1. The number of methoxy groups -OCH3 is 1. The molecule has 0 radical (unpaired) electrons. The quantitative estimate of drug-likeness (QED) is 0.268. The lowest BCUT2D eigenvalue weighted by molar-refractivity contribution is -0.132. The summed E-state index contributed by atoms with van der Waals surface area (Å²) in [5, 5.41) is 11.3. The molecule has 1 saturated heterocycles. The van der Waals surface area contributed by atoms with Crippen LogP contribution >= 0.6 is 15.9 Å². The molecule has 1 aliphatic heterocycles. The molecule has 168 valence electrons. The Morgan fingerprint density at radius 3 is 2.21 bits per heavy atom. The number of ketones is 1. The van der Waals surface area contributed by atoms with Gasteiger partial charge in [0, 0.05) is 15.7 Å². The van der Waals surface area contributed by atoms with E-state index >= 15 is 0 Å². The fraction of sp³-hybridized carbons (Fsp3) is 0.185. The second-order valence-electron chi connectivity index (χ2n) is 8.17. The Balaban J connectivity index is 1.95. The average molecular weight is 506 g/mol. The van der Waals surface area contributed by atoms with E-state index in [0.717, 1.165) is 21.2 Å². The molecule has 3 aromatic carbocycles. The highest BCUT2D eigenvalue weighted by atomic mass is 79.9. The minimum atomic E-state index is -0.776. The van der Waals surface area contributed by atoms with Crippen LogP contribution in [0.5, 0.6) is 5.75 Å². The fourth-order valence-electron chi connectivity index (χ4n) is 4.02. The average Bonchev–Trinajstić information content (AvgIpc) is 3.07. The third-order valence-electron chi connectivity index (χ3n) is 6.08. The Labute approximate surface area is 201 Å². The van der Waals surface area contributed by atoms with Gasteiger partial charge in [-0.05, 0) is 79.4 Å². The SMILES string of the molecule is COc1ccc(C2/C(=C(\O)c3ccc(Br)c(C)c3)C(=O)C(=O)N2c2ccc(C)c(C)c2)cc1. The van der Waals surface area contributed by atoms with Gasteiger partial charge < -0.3 is 9.84 Å². The molecule has 33 heavy (non-hydrogen) atoms. The molecule has 1 fully saturated rings. The predicted molar refractivity (Wildman–Crippen MR) is 133 cm³/mol. The Morgan fingerprint density at radius 1 is 0.909 bits per heavy atom. The predicted octanol–water partition coefficient (Wildman–Crippen LogP) is 6.01. The monoisotopic (exact) mass is 505 g/mol. The summed E-state index contributed by atoms with van der Waals surface area (Å²) in [7, 11) is 1.58. The molecular weight excluding hydrogens is 482 g/mol. The first-order valence-corrected chi connectivity index (χ1v) is 11.3. The van der Waals surface area contributed by atoms with E-state index in [4.69, 9.17) is 4.74 Å². The Kier molecular flexibility index (Phi) is 6.13. The molecule has 1 atom stereocenters. The Morgan fingerprint density at radius 2 is 1.61 bits per heavy atom. The van der Waals surface area contributed by atoms with Gasteiger partial charge in [0.2, 0.25) is 0 Å². The fourth-order valence-corrected chi connectivity index (χ4v) is 4.27. The van der Waals surface area contributed by atoms with E-state index in [-0.39, 0.29) is 11.3 Å². The summed E-state index contributed by atoms with van der Waals surface area (Å²) in [5.74, 6) is -0.928. The van der Waals surface area contributed by atoms with Gasteiger partial charge in [0.15, 0.2) is 0 Å². The van der Waals surface area contributed by atoms with Crippen molar-refractivity contribution in [3.8, 4) is 5.75 Å². The molecule has 0 aromatic heterocycles. The van der Waals surface area contributed by atoms with Crippen LogP contribution in [0.4, 0.5) is 5.69 Å². The smallest absolute Gasteiger partial charge is 0.300 e. The van der Waals surface area contributed by atoms with Crippen LogP contribution in [0.2, 0.25) is 0 Å². The number of benzene rings is 3. The van der Waals surface area contributed by atoms with Crippen LogP contribution in [-0.2, 0) is 9.59 Å². The summed E-state index contributed by atoms with van der Waals surface area (Å²) in [5.41, 5.74) is 4.84. The Bertz CT molecular complexity index is 1290. The first kappa shape index (κ1) is 22.8. The van der Waals surface area contributed by atoms with Crippen molar-refractivity contribution in [1.82, 2.24) is 0 Å². The molecule has 4 rings (SSSR count). The second-order valence-corrected chi connectivity index (χ2v) is 9.03. The van der Waals surface area contributed by atoms with Crippen molar-refractivity contribution in [3.05, 3.63) is 98.5 Å². The molecule has 1 unspecified atom stereocenters. The lowest BCUT2D eigenvalue weighted by Crippen LogP contribution is -2.29. The summed E-state index contributed by atoms with van der Waals surface area (Å²) < 4.78 is 6.16. The molecule has 0 saturated carbocycles. The van der Waals surface area contributed by atoms with Gasteiger partial charge in [0.05, 0.1) is 18.7 Å². The van der Waals surface area contributed by atoms with Crippen LogP contribution in [0.3, 0.4) is 0 Å². The lowest BCUT2D eigenvalue weighted by Gasteiger charge is -2.26. The molecule has 6 heteroatoms. The van der Waals surface area contributed by atoms with Gasteiger partial charge in [-0.15, -0.1) is 0 Å². The Hall–Kier alpha value is -3.38. The van der Waals surface area contributed by atoms with Gasteiger partial charge in [-0.25, -0.2) is 0 Å². The van der Waals surface area contributed by atoms with Gasteiger partial charge in [-0.1, -0.05) is 40.2 Å². The van der Waals surface area contributed by atoms with Crippen molar-refractivity contribution < 1.29 is 19.4 Å². The van der Waals surface area contributed by atoms with Crippen LogP contribution in [0, 0.1) is 20.8 Å². The van der Waals surface area contributed by atoms with Crippen molar-refractivity contribution in [2.24, 2.45) is 0 Å². The van der Waals surface area contributed by atoms with Crippen molar-refractivity contribution in [2.75, 3.05) is 12.0 Å². The standard InChI is InChI=1S/C27H24BrNO4/c1-15-5-9-20(14-16(15)2)29-24(18-6-10-21(33-4)11-7-18)23(26(31)27(29)32)25(30)19-8-12-22(28)17(3)13-19/h5-14,24,30H,1-4H3/b25-23+. The first-order valence-electron chi connectivity index (χ1n) is 10.5. The molecule has 1 aliphatic rings. The minimum absolute atomic E-state index is 0.0603. The van der Waals surface area contributed by atoms with E-state index in [1.165, 1.54) is 4.90 Å². The molecule has 1 amide bonds. The summed E-state index contributed by atoms with van der Waals surface area (Å²) >= 11 is 3.46. The summed E-state index contributed by atoms with van der Waals surface area (Å²) in [4.78, 5) is 28.0. The third-order valence-corrected chi connectivity index (χ3v) is 6.97. The number of carbonyl (C=O) groups excluding carboxylic acids is 2. The number of Topliss-reactive ketones (excluding diaryl/α,β-unsaturated/α-hetero) is 1. The van der Waals surface area contributed by atoms with Crippen LogP contribution in [0.1, 0.15) is 33.9 Å². The number of aliphatic hydroxyl groups excluding tert-OH is 1. The van der Waals surface area contributed by atoms with Crippen LogP contribution in [0.25, 0.3) is 5.76 Å². The molecule has 5 nitrogen and oxygen atoms in total. The van der Waals surface area contributed by atoms with Crippen molar-refractivity contribution >= 4 is 39.1 Å². The maximum Gasteiger partial charge on any atom is 0.300 e. The minimum Gasteiger partial charge on any atom is -0.507 e. The number of aryl methyl sites for hydroxylation is 3. The summed E-state index contributed by atoms with van der Waals surface area (Å²) in [6, 6.07) is 17.4. The van der Waals surface area contributed by atoms with Crippen LogP contribution in [-0.4, -0.2) is 23.9 Å². The molecular formula is C27H24BrNO4. The summed E-state index contributed by atoms with van der Waals surface area (Å²) in [6.45, 7) is 5.85. The number of aliphatic hydroxyl groups is 1. The topological polar surface area (TPSA) is 66.8 Å². The second kappa shape index (κ2) is 8.87. The zero-order chi connectivity index (χ0) is 23.9. The third kappa shape index (κ3) is 4.07. The van der Waals surface area contributed by atoms with E-state index < -0.39 is 17.7 Å². The molecule has 0 spiro atoms. The van der Waals surface area contributed by atoms with Crippen LogP contribution in [0.15, 0.2) is 70.7 Å².